The fraction of sp³-hybridized carbons (Fsp3) is 0.417. The van der Waals surface area contributed by atoms with E-state index >= 15 is 0 Å². The molecule has 2 aromatic carbocycles. The van der Waals surface area contributed by atoms with E-state index in [1.54, 1.807) is 14.2 Å². The number of hydrogen-bond donors (Lipinski definition) is 2. The van der Waals surface area contributed by atoms with Crippen molar-refractivity contribution < 1.29 is 19.1 Å². The highest BCUT2D eigenvalue weighted by Gasteiger charge is 2.33. The average Bonchev–Trinajstić information content (AvgIpc) is 3.61. The molecule has 0 aromatic heterocycles. The summed E-state index contributed by atoms with van der Waals surface area (Å²) in [6, 6.07) is 13.8. The number of methoxy groups -OCH3 is 2. The van der Waals surface area contributed by atoms with Crippen LogP contribution in [0.2, 0.25) is 0 Å². The monoisotopic (exact) mass is 423 g/mol. The van der Waals surface area contributed by atoms with E-state index < -0.39 is 0 Å². The van der Waals surface area contributed by atoms with Gasteiger partial charge in [-0.3, -0.25) is 4.79 Å². The van der Waals surface area contributed by atoms with Gasteiger partial charge >= 0.3 is 6.03 Å². The van der Waals surface area contributed by atoms with Crippen LogP contribution in [0.15, 0.2) is 42.5 Å². The van der Waals surface area contributed by atoms with Crippen molar-refractivity contribution in [2.45, 2.75) is 37.8 Å². The number of amides is 3. The highest BCUT2D eigenvalue weighted by molar-refractivity contribution is 5.79. The molecule has 0 spiro atoms. The van der Waals surface area contributed by atoms with E-state index in [2.05, 4.69) is 10.6 Å². The molecular formula is C24H29N3O4. The Morgan fingerprint density at radius 3 is 2.45 bits per heavy atom. The van der Waals surface area contributed by atoms with Crippen LogP contribution in [0.3, 0.4) is 0 Å². The number of rotatable bonds is 7. The number of nitrogens with one attached hydrogen (secondary N) is 2. The third kappa shape index (κ3) is 4.76. The predicted octanol–water partition coefficient (Wildman–Crippen LogP) is 3.03. The maximum Gasteiger partial charge on any atom is 0.318 e. The average molecular weight is 424 g/mol. The lowest BCUT2D eigenvalue weighted by molar-refractivity contribution is -0.121. The first-order chi connectivity index (χ1) is 15.1. The Labute approximate surface area is 182 Å². The number of carbonyl (C=O) groups excluding carboxylic acids is 2. The van der Waals surface area contributed by atoms with Gasteiger partial charge in [-0.25, -0.2) is 4.79 Å². The fourth-order valence-corrected chi connectivity index (χ4v) is 4.07. The lowest BCUT2D eigenvalue weighted by atomic mass is 9.88. The quantitative estimate of drug-likeness (QED) is 0.718. The number of nitrogens with zero attached hydrogens (tertiary/aromatic N) is 1. The normalized spacial score (nSPS) is 17.5. The lowest BCUT2D eigenvalue weighted by Crippen LogP contribution is -2.46. The molecule has 3 amide bonds. The van der Waals surface area contributed by atoms with Crippen LogP contribution in [0.25, 0.3) is 0 Å². The van der Waals surface area contributed by atoms with Gasteiger partial charge in [0.05, 0.1) is 20.3 Å². The number of fused-ring (bicyclic) bond motifs is 1. The topological polar surface area (TPSA) is 79.9 Å². The van der Waals surface area contributed by atoms with E-state index in [1.165, 1.54) is 0 Å². The van der Waals surface area contributed by atoms with Gasteiger partial charge in [-0.2, -0.15) is 0 Å². The second-order valence-corrected chi connectivity index (χ2v) is 7.99. The predicted molar refractivity (Wildman–Crippen MR) is 117 cm³/mol. The van der Waals surface area contributed by atoms with Crippen LogP contribution in [0.1, 0.15) is 42.0 Å². The number of hydrogen-bond acceptors (Lipinski definition) is 4. The second-order valence-electron chi connectivity index (χ2n) is 7.99. The molecule has 1 heterocycles. The molecule has 164 valence electrons. The molecule has 1 aliphatic heterocycles. The summed E-state index contributed by atoms with van der Waals surface area (Å²) in [5.74, 6) is 1.32. The molecule has 2 aliphatic rings. The van der Waals surface area contributed by atoms with Crippen LogP contribution in [0.4, 0.5) is 4.79 Å². The first kappa shape index (κ1) is 21.0. The summed E-state index contributed by atoms with van der Waals surface area (Å²) in [5.41, 5.74) is 3.19. The van der Waals surface area contributed by atoms with Crippen LogP contribution in [-0.4, -0.2) is 50.2 Å². The Bertz CT molecular complexity index is 943. The van der Waals surface area contributed by atoms with Crippen molar-refractivity contribution in [3.05, 3.63) is 59.2 Å². The van der Waals surface area contributed by atoms with E-state index in [1.807, 2.05) is 47.4 Å². The highest BCUT2D eigenvalue weighted by atomic mass is 16.5. The van der Waals surface area contributed by atoms with Gasteiger partial charge in [0.25, 0.3) is 0 Å². The van der Waals surface area contributed by atoms with Gasteiger partial charge in [-0.1, -0.05) is 30.3 Å². The molecule has 31 heavy (non-hydrogen) atoms. The molecule has 0 unspecified atom stereocenters. The Hall–Kier alpha value is -3.22. The van der Waals surface area contributed by atoms with Gasteiger partial charge in [0, 0.05) is 25.6 Å². The van der Waals surface area contributed by atoms with Crippen molar-refractivity contribution in [3.8, 4) is 11.5 Å². The molecule has 0 bridgehead atoms. The lowest BCUT2D eigenvalue weighted by Gasteiger charge is -2.38. The van der Waals surface area contributed by atoms with Crippen molar-refractivity contribution >= 4 is 11.9 Å². The first-order valence-electron chi connectivity index (χ1n) is 10.7. The summed E-state index contributed by atoms with van der Waals surface area (Å²) in [6.07, 6.45) is 3.11. The van der Waals surface area contributed by atoms with Gasteiger partial charge in [0.1, 0.15) is 0 Å². The molecule has 1 aliphatic carbocycles. The van der Waals surface area contributed by atoms with Gasteiger partial charge in [-0.05, 0) is 48.1 Å². The molecule has 7 nitrogen and oxygen atoms in total. The Morgan fingerprint density at radius 2 is 1.77 bits per heavy atom. The molecule has 1 fully saturated rings. The molecule has 2 N–H and O–H groups in total. The maximum absolute atomic E-state index is 13.1. The van der Waals surface area contributed by atoms with E-state index in [9.17, 15) is 9.59 Å². The smallest absolute Gasteiger partial charge is 0.318 e. The largest absolute Gasteiger partial charge is 0.493 e. The van der Waals surface area contributed by atoms with Crippen LogP contribution in [0.5, 0.6) is 11.5 Å². The van der Waals surface area contributed by atoms with E-state index in [0.29, 0.717) is 37.1 Å². The molecule has 0 radical (unpaired) electrons. The third-order valence-corrected chi connectivity index (χ3v) is 5.82. The summed E-state index contributed by atoms with van der Waals surface area (Å²) in [7, 11) is 3.24. The Balaban J connectivity index is 1.55. The van der Waals surface area contributed by atoms with E-state index in [4.69, 9.17) is 9.47 Å². The number of urea groups is 1. The molecule has 1 atom stereocenters. The summed E-state index contributed by atoms with van der Waals surface area (Å²) < 4.78 is 11.0. The Kier molecular flexibility index (Phi) is 6.30. The van der Waals surface area contributed by atoms with Crippen molar-refractivity contribution in [2.75, 3.05) is 27.3 Å². The molecule has 4 rings (SSSR count). The van der Waals surface area contributed by atoms with Gasteiger partial charge in [0.2, 0.25) is 5.91 Å². The maximum atomic E-state index is 13.1. The van der Waals surface area contributed by atoms with Crippen molar-refractivity contribution in [1.82, 2.24) is 15.5 Å². The number of carbonyl (C=O) groups is 2. The molecule has 1 saturated carbocycles. The zero-order valence-electron chi connectivity index (χ0n) is 18.0. The number of ether oxygens (including phenoxy) is 2. The molecule has 7 heteroatoms. The van der Waals surface area contributed by atoms with Crippen LogP contribution in [-0.2, 0) is 11.2 Å². The molecular weight excluding hydrogens is 394 g/mol. The van der Waals surface area contributed by atoms with Crippen molar-refractivity contribution in [3.63, 3.8) is 0 Å². The van der Waals surface area contributed by atoms with Gasteiger partial charge < -0.3 is 25.0 Å². The van der Waals surface area contributed by atoms with Crippen LogP contribution in [0, 0.1) is 0 Å². The number of benzene rings is 2. The fourth-order valence-electron chi connectivity index (χ4n) is 4.07. The van der Waals surface area contributed by atoms with Gasteiger partial charge in [0.15, 0.2) is 11.5 Å². The van der Waals surface area contributed by atoms with Crippen LogP contribution < -0.4 is 20.1 Å². The zero-order valence-corrected chi connectivity index (χ0v) is 18.0. The minimum atomic E-state index is -0.245. The summed E-state index contributed by atoms with van der Waals surface area (Å²) in [4.78, 5) is 26.9. The van der Waals surface area contributed by atoms with Crippen molar-refractivity contribution in [1.29, 1.82) is 0 Å². The standard InChI is InChI=1S/C24H29N3O4/c1-30-20-14-17-11-13-27(24(29)25-12-10-22(28)26-18-8-9-18)23(16-6-4-3-5-7-16)19(17)15-21(20)31-2/h3-7,14-15,18,23H,8-13H2,1-2H3,(H,25,29)(H,26,28)/t23-/m0/s1. The first-order valence-corrected chi connectivity index (χ1v) is 10.7. The SMILES string of the molecule is COc1cc2c(cc1OC)[C@H](c1ccccc1)N(C(=O)NCCC(=O)NC1CC1)CC2. The summed E-state index contributed by atoms with van der Waals surface area (Å²) in [6.45, 7) is 0.885. The molecule has 2 aromatic rings. The van der Waals surface area contributed by atoms with Crippen molar-refractivity contribution in [2.24, 2.45) is 0 Å². The van der Waals surface area contributed by atoms with Crippen LogP contribution >= 0.6 is 0 Å². The summed E-state index contributed by atoms with van der Waals surface area (Å²) in [5, 5.41) is 5.88. The minimum Gasteiger partial charge on any atom is -0.493 e. The minimum absolute atomic E-state index is 0.0109. The van der Waals surface area contributed by atoms with E-state index in [-0.39, 0.29) is 24.4 Å². The van der Waals surface area contributed by atoms with Gasteiger partial charge in [-0.15, -0.1) is 0 Å². The third-order valence-electron chi connectivity index (χ3n) is 5.82. The molecule has 0 saturated heterocycles. The Morgan fingerprint density at radius 1 is 1.06 bits per heavy atom. The zero-order chi connectivity index (χ0) is 21.8. The van der Waals surface area contributed by atoms with E-state index in [0.717, 1.165) is 29.5 Å². The second kappa shape index (κ2) is 9.29. The highest BCUT2D eigenvalue weighted by Crippen LogP contribution is 2.40. The summed E-state index contributed by atoms with van der Waals surface area (Å²) >= 11 is 0.